The van der Waals surface area contributed by atoms with E-state index >= 15 is 0 Å². The van der Waals surface area contributed by atoms with Gasteiger partial charge in [-0.15, -0.1) is 0 Å². The maximum Gasteiger partial charge on any atom is 0.513 e. The first-order chi connectivity index (χ1) is 50.8. The fourth-order valence-corrected chi connectivity index (χ4v) is 9.92. The molecule has 0 aliphatic carbocycles. The van der Waals surface area contributed by atoms with Crippen molar-refractivity contribution in [3.05, 3.63) is 332 Å². The SMILES string of the molecule is C.C.C.C.COCOC(=O)OCOC(C)=O.COCOC(=O)OCOC(C)=O.Cc1ccc(-c2ccc(C)cc2)cc1.Cc1ccc(-c2ccc(C)cc2)cc1.Cc1ccc(C(C)(C)C)cc1.Cc1ccc(C(C)(C)C)cc1.Cc1ccc(C(C)(C)c2ccc(C)cc2)cc1.Cc1ccc(C(C)(C)c2ccc(C)cc2)cc1. The van der Waals surface area contributed by atoms with Crippen LogP contribution in [-0.4, -0.2) is 65.6 Å². The third-order valence-electron chi connectivity index (χ3n) is 17.3. The molecule has 0 unspecified atom stereocenters. The highest BCUT2D eigenvalue weighted by Gasteiger charge is 2.24. The first-order valence-electron chi connectivity index (χ1n) is 36.4. The van der Waals surface area contributed by atoms with Crippen LogP contribution in [-0.2, 0) is 69.1 Å². The quantitative estimate of drug-likeness (QED) is 0.0581. The summed E-state index contributed by atoms with van der Waals surface area (Å²) in [5.74, 6) is -1.07. The van der Waals surface area contributed by atoms with Crippen LogP contribution in [0.2, 0.25) is 0 Å². The van der Waals surface area contributed by atoms with Gasteiger partial charge in [0.1, 0.15) is 0 Å². The summed E-state index contributed by atoms with van der Waals surface area (Å²) in [4.78, 5) is 41.3. The first-order valence-corrected chi connectivity index (χ1v) is 36.4. The van der Waals surface area contributed by atoms with Crippen molar-refractivity contribution in [2.45, 2.75) is 204 Å². The molecule has 12 heteroatoms. The summed E-state index contributed by atoms with van der Waals surface area (Å²) >= 11 is 0. The molecule has 608 valence electrons. The summed E-state index contributed by atoms with van der Waals surface area (Å²) in [5.41, 5.74) is 27.3. The van der Waals surface area contributed by atoms with Gasteiger partial charge in [-0.2, -0.15) is 0 Å². The molecule has 0 radical (unpaired) electrons. The molecule has 10 rings (SSSR count). The smallest absolute Gasteiger partial charge is 0.428 e. The van der Waals surface area contributed by atoms with Gasteiger partial charge in [0.25, 0.3) is 0 Å². The van der Waals surface area contributed by atoms with E-state index in [1.54, 1.807) is 0 Å². The van der Waals surface area contributed by atoms with Crippen LogP contribution < -0.4 is 0 Å². The van der Waals surface area contributed by atoms with Crippen molar-refractivity contribution < 1.29 is 57.1 Å². The second kappa shape index (κ2) is 52.7. The third kappa shape index (κ3) is 41.0. The van der Waals surface area contributed by atoms with Crippen molar-refractivity contribution in [3.8, 4) is 22.3 Å². The molecule has 10 aromatic carbocycles. The lowest BCUT2D eigenvalue weighted by Crippen LogP contribution is -2.18. The Balaban J connectivity index is 0. The van der Waals surface area contributed by atoms with Crippen LogP contribution in [0.15, 0.2) is 243 Å². The van der Waals surface area contributed by atoms with Crippen molar-refractivity contribution >= 4 is 24.2 Å². The van der Waals surface area contributed by atoms with E-state index in [1.807, 2.05) is 0 Å². The molecular weight excluding hydrogens is 1390 g/mol. The van der Waals surface area contributed by atoms with E-state index in [4.69, 9.17) is 0 Å². The van der Waals surface area contributed by atoms with Gasteiger partial charge in [0.2, 0.25) is 13.6 Å². The number of aryl methyl sites for hydroxylation is 10. The summed E-state index contributed by atoms with van der Waals surface area (Å²) in [6, 6.07) is 87.3. The predicted molar refractivity (Wildman–Crippen MR) is 471 cm³/mol. The maximum absolute atomic E-state index is 10.5. The molecule has 0 saturated heterocycles. The highest BCUT2D eigenvalue weighted by molar-refractivity contribution is 5.67. The van der Waals surface area contributed by atoms with E-state index in [9.17, 15) is 19.2 Å². The Bertz CT molecular complexity index is 3720. The highest BCUT2D eigenvalue weighted by Crippen LogP contribution is 2.34. The Hall–Kier alpha value is -10.4. The summed E-state index contributed by atoms with van der Waals surface area (Å²) < 4.78 is 34.5. The molecular formula is C100H136O12. The topological polar surface area (TPSA) is 142 Å². The third-order valence-corrected chi connectivity index (χ3v) is 17.3. The monoisotopic (exact) mass is 1530 g/mol. The molecule has 10 aromatic rings. The van der Waals surface area contributed by atoms with Gasteiger partial charge >= 0.3 is 24.2 Å². The van der Waals surface area contributed by atoms with Gasteiger partial charge in [-0.1, -0.05) is 397 Å². The Morgan fingerprint density at radius 3 is 0.509 bits per heavy atom. The number of carbonyl (C=O) groups is 4. The average Bonchev–Trinajstić information content (AvgIpc) is 0.806. The number of hydrogen-bond acceptors (Lipinski definition) is 12. The molecule has 0 bridgehead atoms. The Labute approximate surface area is 676 Å². The van der Waals surface area contributed by atoms with E-state index in [-0.39, 0.29) is 65.0 Å². The van der Waals surface area contributed by atoms with Crippen LogP contribution in [0.5, 0.6) is 0 Å². The van der Waals surface area contributed by atoms with Crippen molar-refractivity contribution in [1.82, 2.24) is 0 Å². The molecule has 112 heavy (non-hydrogen) atoms. The second-order valence-corrected chi connectivity index (χ2v) is 29.8. The number of hydrogen-bond donors (Lipinski definition) is 0. The van der Waals surface area contributed by atoms with E-state index in [2.05, 4.69) is 419 Å². The van der Waals surface area contributed by atoms with E-state index in [0.717, 1.165) is 0 Å². The van der Waals surface area contributed by atoms with E-state index in [0.29, 0.717) is 0 Å². The number of ether oxygens (including phenoxy) is 8. The fourth-order valence-electron chi connectivity index (χ4n) is 9.92. The van der Waals surface area contributed by atoms with Crippen LogP contribution in [0.25, 0.3) is 22.3 Å². The molecule has 0 amide bonds. The molecule has 0 aliphatic rings. The van der Waals surface area contributed by atoms with E-state index < -0.39 is 37.8 Å². The number of esters is 2. The molecule has 0 aliphatic heterocycles. The minimum Gasteiger partial charge on any atom is -0.428 e. The molecule has 0 N–H and O–H groups in total. The molecule has 12 nitrogen and oxygen atoms in total. The lowest BCUT2D eigenvalue weighted by molar-refractivity contribution is -0.152. The van der Waals surface area contributed by atoms with Gasteiger partial charge in [0.05, 0.1) is 0 Å². The number of carbonyl (C=O) groups excluding carboxylic acids is 4. The van der Waals surface area contributed by atoms with Crippen LogP contribution in [0.4, 0.5) is 9.59 Å². The molecule has 0 aromatic heterocycles. The lowest BCUT2D eigenvalue weighted by atomic mass is 9.78. The van der Waals surface area contributed by atoms with Crippen molar-refractivity contribution in [1.29, 1.82) is 0 Å². The zero-order chi connectivity index (χ0) is 80.6. The van der Waals surface area contributed by atoms with Crippen LogP contribution >= 0.6 is 0 Å². The highest BCUT2D eigenvalue weighted by atomic mass is 16.8. The Morgan fingerprint density at radius 1 is 0.223 bits per heavy atom. The summed E-state index contributed by atoms with van der Waals surface area (Å²) in [6.07, 6.45) is -1.89. The lowest BCUT2D eigenvalue weighted by Gasteiger charge is -2.26. The van der Waals surface area contributed by atoms with Gasteiger partial charge in [0.15, 0.2) is 13.6 Å². The van der Waals surface area contributed by atoms with Gasteiger partial charge in [-0.25, -0.2) is 9.59 Å². The maximum atomic E-state index is 10.5. The van der Waals surface area contributed by atoms with Crippen LogP contribution in [0.3, 0.4) is 0 Å². The second-order valence-electron chi connectivity index (χ2n) is 29.8. The molecule has 0 atom stereocenters. The molecule has 0 saturated carbocycles. The largest absolute Gasteiger partial charge is 0.513 e. The summed E-state index contributed by atoms with van der Waals surface area (Å²) in [5, 5.41) is 0. The zero-order valence-corrected chi connectivity index (χ0v) is 68.8. The average molecular weight is 1530 g/mol. The Kier molecular flexibility index (Phi) is 48.8. The van der Waals surface area contributed by atoms with Gasteiger partial charge < -0.3 is 37.9 Å². The molecule has 0 fully saturated rings. The van der Waals surface area contributed by atoms with Gasteiger partial charge in [0, 0.05) is 38.9 Å². The number of benzene rings is 10. The van der Waals surface area contributed by atoms with Crippen molar-refractivity contribution in [2.75, 3.05) is 41.4 Å². The van der Waals surface area contributed by atoms with Crippen molar-refractivity contribution in [2.24, 2.45) is 0 Å². The minimum absolute atomic E-state index is 0. The standard InChI is InChI=1S/2C17H20.2C14H14.2C11H16.2C6H10O6.4CH4/c2*1-13-5-9-15(10-6-13)17(3,4)16-11-7-14(2)8-12-16;2*1-11-3-7-13(8-4-11)14-9-5-12(2)6-10-14;2*1-9-5-7-10(8-6-9)11(2,3)4;2*1-5(7)10-4-12-6(8)11-3-9-2;;;;/h2*5-12H,1-4H3;2*3-10H,1-2H3;2*5-8H,1-4H3;2*3-4H2,1-2H3;4*1H4. The normalized spacial score (nSPS) is 10.2. The van der Waals surface area contributed by atoms with Gasteiger partial charge in [-0.3, -0.25) is 9.59 Å². The number of methoxy groups -OCH3 is 2. The van der Waals surface area contributed by atoms with Gasteiger partial charge in [-0.05, 0) is 136 Å². The van der Waals surface area contributed by atoms with Crippen LogP contribution in [0, 0.1) is 69.2 Å². The van der Waals surface area contributed by atoms with Crippen LogP contribution in [0.1, 0.15) is 202 Å². The Morgan fingerprint density at radius 2 is 0.366 bits per heavy atom. The van der Waals surface area contributed by atoms with Crippen molar-refractivity contribution in [3.63, 3.8) is 0 Å². The van der Waals surface area contributed by atoms with E-state index in [1.165, 1.54) is 139 Å². The molecule has 0 heterocycles. The molecule has 0 spiro atoms. The fraction of sp³-hybridized carbons (Fsp3) is 0.360. The predicted octanol–water partition coefficient (Wildman–Crippen LogP) is 26.9. The number of rotatable bonds is 14. The zero-order valence-electron chi connectivity index (χ0n) is 68.8. The minimum atomic E-state index is -0.946. The summed E-state index contributed by atoms with van der Waals surface area (Å²) in [6.45, 7) is 44.8. The summed E-state index contributed by atoms with van der Waals surface area (Å²) in [7, 11) is 2.72. The first kappa shape index (κ1) is 104.